The Hall–Kier alpha value is -2.08. The van der Waals surface area contributed by atoms with Crippen LogP contribution in [0, 0.1) is 5.92 Å². The highest BCUT2D eigenvalue weighted by molar-refractivity contribution is 6.01. The van der Waals surface area contributed by atoms with Gasteiger partial charge in [0.2, 0.25) is 11.8 Å². The average molecular weight is 249 g/mol. The van der Waals surface area contributed by atoms with Crippen LogP contribution in [0.1, 0.15) is 6.42 Å². The molecule has 6 nitrogen and oxygen atoms in total. The number of hydrogen-bond acceptors (Lipinski definition) is 4. The molecule has 96 valence electrons. The molecule has 0 bridgehead atoms. The molecule has 1 heterocycles. The Morgan fingerprint density at radius 1 is 1.50 bits per heavy atom. The Kier molecular flexibility index (Phi) is 3.47. The molecular formula is C12H15N3O3. The molecule has 1 aromatic carbocycles. The summed E-state index contributed by atoms with van der Waals surface area (Å²) in [5.74, 6) is 4.86. The summed E-state index contributed by atoms with van der Waals surface area (Å²) in [6, 6.07) is 7.22. The third-order valence-electron chi connectivity index (χ3n) is 3.01. The molecule has 1 aliphatic heterocycles. The number of carbonyl (C=O) groups excluding carboxylic acids is 2. The van der Waals surface area contributed by atoms with Crippen molar-refractivity contribution < 1.29 is 14.3 Å². The standard InChI is InChI=1S/C12H15N3O3/c1-18-10-5-3-2-4-9(10)15-7-8(6-11(15)16)12(17)14-13/h2-5,8H,6-7,13H2,1H3,(H,14,17). The lowest BCUT2D eigenvalue weighted by atomic mass is 10.1. The second-order valence-corrected chi connectivity index (χ2v) is 4.09. The number of hydrogen-bond donors (Lipinski definition) is 2. The van der Waals surface area contributed by atoms with Crippen molar-refractivity contribution in [2.75, 3.05) is 18.6 Å². The van der Waals surface area contributed by atoms with Gasteiger partial charge in [-0.2, -0.15) is 0 Å². The maximum atomic E-state index is 11.9. The van der Waals surface area contributed by atoms with Crippen molar-refractivity contribution in [3.63, 3.8) is 0 Å². The quantitative estimate of drug-likeness (QED) is 0.450. The minimum atomic E-state index is -0.410. The van der Waals surface area contributed by atoms with Gasteiger partial charge in [-0.3, -0.25) is 15.0 Å². The normalized spacial score (nSPS) is 18.9. The molecule has 1 saturated heterocycles. The van der Waals surface area contributed by atoms with Gasteiger partial charge in [-0.25, -0.2) is 5.84 Å². The van der Waals surface area contributed by atoms with Gasteiger partial charge in [-0.15, -0.1) is 0 Å². The van der Waals surface area contributed by atoms with Crippen LogP contribution in [0.3, 0.4) is 0 Å². The fraction of sp³-hybridized carbons (Fsp3) is 0.333. The summed E-state index contributed by atoms with van der Waals surface area (Å²) in [6.45, 7) is 0.322. The predicted octanol–water partition coefficient (Wildman–Crippen LogP) is 0.0380. The van der Waals surface area contributed by atoms with Crippen LogP contribution in [0.25, 0.3) is 0 Å². The SMILES string of the molecule is COc1ccccc1N1CC(C(=O)NN)CC1=O. The van der Waals surface area contributed by atoms with Crippen molar-refractivity contribution in [1.82, 2.24) is 5.43 Å². The number of carbonyl (C=O) groups is 2. The number of anilines is 1. The van der Waals surface area contributed by atoms with Gasteiger partial charge >= 0.3 is 0 Å². The first-order chi connectivity index (χ1) is 8.67. The van der Waals surface area contributed by atoms with Gasteiger partial charge in [0, 0.05) is 13.0 Å². The molecule has 0 radical (unpaired) electrons. The molecule has 3 N–H and O–H groups in total. The van der Waals surface area contributed by atoms with E-state index in [-0.39, 0.29) is 18.2 Å². The van der Waals surface area contributed by atoms with Crippen molar-refractivity contribution >= 4 is 17.5 Å². The zero-order valence-electron chi connectivity index (χ0n) is 10.1. The Morgan fingerprint density at radius 2 is 2.22 bits per heavy atom. The van der Waals surface area contributed by atoms with Gasteiger partial charge in [0.1, 0.15) is 5.75 Å². The van der Waals surface area contributed by atoms with Crippen LogP contribution in [0.4, 0.5) is 5.69 Å². The van der Waals surface area contributed by atoms with Crippen LogP contribution in [0.5, 0.6) is 5.75 Å². The topological polar surface area (TPSA) is 84.7 Å². The molecule has 1 atom stereocenters. The van der Waals surface area contributed by atoms with E-state index in [1.54, 1.807) is 24.1 Å². The number of ether oxygens (including phenoxy) is 1. The van der Waals surface area contributed by atoms with Gasteiger partial charge in [0.15, 0.2) is 0 Å². The molecule has 0 aliphatic carbocycles. The molecule has 0 spiro atoms. The first kappa shape index (κ1) is 12.4. The van der Waals surface area contributed by atoms with E-state index in [0.717, 1.165) is 0 Å². The zero-order valence-corrected chi connectivity index (χ0v) is 10.1. The van der Waals surface area contributed by atoms with Gasteiger partial charge in [0.05, 0.1) is 18.7 Å². The van der Waals surface area contributed by atoms with E-state index in [1.807, 2.05) is 12.1 Å². The minimum absolute atomic E-state index is 0.104. The maximum absolute atomic E-state index is 11.9. The lowest BCUT2D eigenvalue weighted by Crippen LogP contribution is -2.37. The van der Waals surface area contributed by atoms with E-state index in [4.69, 9.17) is 10.6 Å². The van der Waals surface area contributed by atoms with E-state index >= 15 is 0 Å². The summed E-state index contributed by atoms with van der Waals surface area (Å²) in [5, 5.41) is 0. The Balaban J connectivity index is 2.24. The van der Waals surface area contributed by atoms with Gasteiger partial charge in [0.25, 0.3) is 0 Å². The van der Waals surface area contributed by atoms with Crippen molar-refractivity contribution in [3.05, 3.63) is 24.3 Å². The van der Waals surface area contributed by atoms with Crippen molar-refractivity contribution in [2.24, 2.45) is 11.8 Å². The van der Waals surface area contributed by atoms with E-state index in [0.29, 0.717) is 18.0 Å². The number of nitrogens with two attached hydrogens (primary N) is 1. The number of nitrogens with one attached hydrogen (secondary N) is 1. The van der Waals surface area contributed by atoms with Crippen LogP contribution < -0.4 is 20.9 Å². The van der Waals surface area contributed by atoms with Crippen molar-refractivity contribution in [1.29, 1.82) is 0 Å². The van der Waals surface area contributed by atoms with Crippen LogP contribution in [-0.2, 0) is 9.59 Å². The lowest BCUT2D eigenvalue weighted by molar-refractivity contribution is -0.126. The molecule has 0 saturated carbocycles. The molecule has 18 heavy (non-hydrogen) atoms. The van der Waals surface area contributed by atoms with Crippen molar-refractivity contribution in [3.8, 4) is 5.75 Å². The molecule has 2 rings (SSSR count). The third-order valence-corrected chi connectivity index (χ3v) is 3.01. The summed E-state index contributed by atoms with van der Waals surface area (Å²) >= 11 is 0. The number of benzene rings is 1. The Labute approximate surface area is 105 Å². The predicted molar refractivity (Wildman–Crippen MR) is 65.8 cm³/mol. The number of para-hydroxylation sites is 2. The minimum Gasteiger partial charge on any atom is -0.495 e. The zero-order chi connectivity index (χ0) is 13.1. The van der Waals surface area contributed by atoms with Crippen LogP contribution >= 0.6 is 0 Å². The van der Waals surface area contributed by atoms with Crippen LogP contribution in [0.15, 0.2) is 24.3 Å². The largest absolute Gasteiger partial charge is 0.495 e. The number of amides is 2. The summed E-state index contributed by atoms with van der Waals surface area (Å²) in [7, 11) is 1.55. The summed E-state index contributed by atoms with van der Waals surface area (Å²) in [4.78, 5) is 24.9. The second kappa shape index (κ2) is 5.05. The number of hydrazine groups is 1. The average Bonchev–Trinajstić information content (AvgIpc) is 2.79. The molecule has 0 aromatic heterocycles. The molecule has 1 aromatic rings. The first-order valence-corrected chi connectivity index (χ1v) is 5.61. The summed E-state index contributed by atoms with van der Waals surface area (Å²) < 4.78 is 5.21. The van der Waals surface area contributed by atoms with Gasteiger partial charge in [-0.1, -0.05) is 12.1 Å². The Morgan fingerprint density at radius 3 is 2.89 bits per heavy atom. The Bertz CT molecular complexity index is 475. The third kappa shape index (κ3) is 2.14. The summed E-state index contributed by atoms with van der Waals surface area (Å²) in [6.07, 6.45) is 0.168. The first-order valence-electron chi connectivity index (χ1n) is 5.61. The van der Waals surface area contributed by atoms with Crippen LogP contribution in [-0.4, -0.2) is 25.5 Å². The molecule has 2 amide bonds. The van der Waals surface area contributed by atoms with Gasteiger partial charge in [-0.05, 0) is 12.1 Å². The van der Waals surface area contributed by atoms with Crippen LogP contribution in [0.2, 0.25) is 0 Å². The number of nitrogens with zero attached hydrogens (tertiary/aromatic N) is 1. The van der Waals surface area contributed by atoms with E-state index in [2.05, 4.69) is 5.43 Å². The number of rotatable bonds is 3. The molecule has 6 heteroatoms. The summed E-state index contributed by atoms with van der Waals surface area (Å²) in [5.41, 5.74) is 2.76. The maximum Gasteiger partial charge on any atom is 0.239 e. The van der Waals surface area contributed by atoms with Crippen molar-refractivity contribution in [2.45, 2.75) is 6.42 Å². The monoisotopic (exact) mass is 249 g/mol. The van der Waals surface area contributed by atoms with E-state index in [1.165, 1.54) is 0 Å². The smallest absolute Gasteiger partial charge is 0.239 e. The lowest BCUT2D eigenvalue weighted by Gasteiger charge is -2.19. The number of methoxy groups -OCH3 is 1. The highest BCUT2D eigenvalue weighted by Crippen LogP contribution is 2.32. The molecule has 1 aliphatic rings. The fourth-order valence-electron chi connectivity index (χ4n) is 2.09. The van der Waals surface area contributed by atoms with Gasteiger partial charge < -0.3 is 9.64 Å². The van der Waals surface area contributed by atoms with E-state index in [9.17, 15) is 9.59 Å². The molecular weight excluding hydrogens is 234 g/mol. The molecule has 1 unspecified atom stereocenters. The second-order valence-electron chi connectivity index (χ2n) is 4.09. The fourth-order valence-corrected chi connectivity index (χ4v) is 2.09. The van der Waals surface area contributed by atoms with E-state index < -0.39 is 5.92 Å². The highest BCUT2D eigenvalue weighted by atomic mass is 16.5. The molecule has 1 fully saturated rings. The highest BCUT2D eigenvalue weighted by Gasteiger charge is 2.35.